The number of rotatable bonds is 3. The molecule has 1 unspecified atom stereocenters. The molecule has 0 aliphatic carbocycles. The minimum Gasteiger partial charge on any atom is -0.352 e. The van der Waals surface area contributed by atoms with Crippen molar-refractivity contribution in [1.29, 1.82) is 0 Å². The normalized spacial score (nSPS) is 21.4. The van der Waals surface area contributed by atoms with E-state index in [4.69, 9.17) is 0 Å². The molecule has 0 bridgehead atoms. The van der Waals surface area contributed by atoms with E-state index >= 15 is 0 Å². The number of fused-ring (bicyclic) bond motifs is 1. The van der Waals surface area contributed by atoms with Crippen LogP contribution in [0.5, 0.6) is 0 Å². The second-order valence-corrected chi connectivity index (χ2v) is 6.69. The molecule has 0 amide bonds. The van der Waals surface area contributed by atoms with Crippen LogP contribution in [0.2, 0.25) is 0 Å². The van der Waals surface area contributed by atoms with Crippen LogP contribution >= 0.6 is 0 Å². The zero-order valence-corrected chi connectivity index (χ0v) is 14.0. The lowest BCUT2D eigenvalue weighted by molar-refractivity contribution is 0.260. The maximum Gasteiger partial charge on any atom is 0.204 e. The number of aromatic nitrogens is 6. The van der Waals surface area contributed by atoms with E-state index in [0.717, 1.165) is 24.6 Å². The molecular formula is C17H20N8. The van der Waals surface area contributed by atoms with Crippen molar-refractivity contribution in [3.05, 3.63) is 31.0 Å². The summed E-state index contributed by atoms with van der Waals surface area (Å²) in [6.07, 6.45) is 12.6. The molecule has 0 spiro atoms. The molecule has 25 heavy (non-hydrogen) atoms. The molecule has 2 aliphatic heterocycles. The van der Waals surface area contributed by atoms with Crippen LogP contribution in [0.15, 0.2) is 31.0 Å². The molecule has 1 atom stereocenters. The fourth-order valence-corrected chi connectivity index (χ4v) is 3.96. The van der Waals surface area contributed by atoms with Crippen LogP contribution in [-0.2, 0) is 0 Å². The zero-order valence-electron chi connectivity index (χ0n) is 14.0. The standard InChI is InChI=1S/C17H20N8/c1-2-8-23(7-1)13-3-9-24(12-13)16-17-22-21-15(25(17)10-6-20-16)14-11-18-4-5-19-14/h4-6,10-11,13H,1-3,7-9,12H2. The highest BCUT2D eigenvalue weighted by atomic mass is 15.3. The van der Waals surface area contributed by atoms with Gasteiger partial charge in [-0.1, -0.05) is 0 Å². The summed E-state index contributed by atoms with van der Waals surface area (Å²) in [6, 6.07) is 0.631. The van der Waals surface area contributed by atoms with Crippen molar-refractivity contribution < 1.29 is 0 Å². The Hall–Kier alpha value is -2.61. The molecule has 0 aromatic carbocycles. The topological polar surface area (TPSA) is 75.3 Å². The van der Waals surface area contributed by atoms with Gasteiger partial charge in [0, 0.05) is 43.9 Å². The SMILES string of the molecule is c1cnc(-c2nnc3c(N4CCC(N5CCCC5)C4)nccn23)cn1. The van der Waals surface area contributed by atoms with Crippen LogP contribution in [0.1, 0.15) is 19.3 Å². The van der Waals surface area contributed by atoms with Crippen molar-refractivity contribution >= 4 is 11.5 Å². The summed E-state index contributed by atoms with van der Waals surface area (Å²) in [5.41, 5.74) is 1.49. The second-order valence-electron chi connectivity index (χ2n) is 6.69. The zero-order chi connectivity index (χ0) is 16.6. The highest BCUT2D eigenvalue weighted by Gasteiger charge is 2.31. The molecule has 8 nitrogen and oxygen atoms in total. The van der Waals surface area contributed by atoms with Crippen molar-refractivity contribution in [2.24, 2.45) is 0 Å². The molecule has 2 saturated heterocycles. The summed E-state index contributed by atoms with van der Waals surface area (Å²) < 4.78 is 1.95. The van der Waals surface area contributed by atoms with Gasteiger partial charge >= 0.3 is 0 Å². The van der Waals surface area contributed by atoms with Crippen LogP contribution in [-0.4, -0.2) is 66.7 Å². The van der Waals surface area contributed by atoms with Crippen molar-refractivity contribution in [2.45, 2.75) is 25.3 Å². The van der Waals surface area contributed by atoms with E-state index in [1.54, 1.807) is 18.6 Å². The fourth-order valence-electron chi connectivity index (χ4n) is 3.96. The Kier molecular flexibility index (Phi) is 3.55. The largest absolute Gasteiger partial charge is 0.352 e. The second kappa shape index (κ2) is 6.03. The first kappa shape index (κ1) is 14.7. The molecule has 128 valence electrons. The first-order valence-corrected chi connectivity index (χ1v) is 8.85. The first-order valence-electron chi connectivity index (χ1n) is 8.85. The smallest absolute Gasteiger partial charge is 0.204 e. The lowest BCUT2D eigenvalue weighted by Crippen LogP contribution is -2.35. The highest BCUT2D eigenvalue weighted by Crippen LogP contribution is 2.27. The summed E-state index contributed by atoms with van der Waals surface area (Å²) in [6.45, 7) is 4.50. The van der Waals surface area contributed by atoms with Crippen molar-refractivity contribution in [1.82, 2.24) is 34.4 Å². The Labute approximate surface area is 145 Å². The first-order chi connectivity index (χ1) is 12.4. The molecule has 0 radical (unpaired) electrons. The lowest BCUT2D eigenvalue weighted by atomic mass is 10.2. The summed E-state index contributed by atoms with van der Waals surface area (Å²) in [5, 5.41) is 8.72. The maximum absolute atomic E-state index is 4.60. The van der Waals surface area contributed by atoms with Gasteiger partial charge in [0.15, 0.2) is 11.6 Å². The monoisotopic (exact) mass is 336 g/mol. The fraction of sp³-hybridized carbons (Fsp3) is 0.471. The minimum absolute atomic E-state index is 0.631. The predicted molar refractivity (Wildman–Crippen MR) is 93.2 cm³/mol. The number of hydrogen-bond donors (Lipinski definition) is 0. The van der Waals surface area contributed by atoms with E-state index in [-0.39, 0.29) is 0 Å². The van der Waals surface area contributed by atoms with Crippen LogP contribution in [0.4, 0.5) is 5.82 Å². The summed E-state index contributed by atoms with van der Waals surface area (Å²) >= 11 is 0. The predicted octanol–water partition coefficient (Wildman–Crippen LogP) is 1.26. The molecule has 3 aromatic heterocycles. The number of anilines is 1. The van der Waals surface area contributed by atoms with E-state index < -0.39 is 0 Å². The molecule has 5 rings (SSSR count). The van der Waals surface area contributed by atoms with Crippen LogP contribution in [0, 0.1) is 0 Å². The van der Waals surface area contributed by atoms with Gasteiger partial charge in [0.25, 0.3) is 0 Å². The van der Waals surface area contributed by atoms with Gasteiger partial charge in [0.2, 0.25) is 5.65 Å². The summed E-state index contributed by atoms with van der Waals surface area (Å²) in [4.78, 5) is 18.0. The molecular weight excluding hydrogens is 316 g/mol. The van der Waals surface area contributed by atoms with Gasteiger partial charge < -0.3 is 4.90 Å². The van der Waals surface area contributed by atoms with Gasteiger partial charge in [0.05, 0.1) is 6.20 Å². The third-order valence-electron chi connectivity index (χ3n) is 5.22. The van der Waals surface area contributed by atoms with Crippen molar-refractivity contribution in [3.8, 4) is 11.5 Å². The number of likely N-dealkylation sites (tertiary alicyclic amines) is 1. The third-order valence-corrected chi connectivity index (χ3v) is 5.22. The van der Waals surface area contributed by atoms with Crippen LogP contribution in [0.25, 0.3) is 17.2 Å². The van der Waals surface area contributed by atoms with Crippen molar-refractivity contribution in [3.63, 3.8) is 0 Å². The van der Waals surface area contributed by atoms with E-state index in [0.29, 0.717) is 17.6 Å². The Morgan fingerprint density at radius 1 is 0.960 bits per heavy atom. The Morgan fingerprint density at radius 3 is 2.72 bits per heavy atom. The van der Waals surface area contributed by atoms with Crippen LogP contribution in [0.3, 0.4) is 0 Å². The highest BCUT2D eigenvalue weighted by molar-refractivity contribution is 5.67. The molecule has 5 heterocycles. The van der Waals surface area contributed by atoms with Gasteiger partial charge in [-0.15, -0.1) is 10.2 Å². The minimum atomic E-state index is 0.631. The van der Waals surface area contributed by atoms with E-state index in [1.807, 2.05) is 16.8 Å². The third kappa shape index (κ3) is 2.53. The average molecular weight is 336 g/mol. The molecule has 0 saturated carbocycles. The molecule has 3 aromatic rings. The van der Waals surface area contributed by atoms with E-state index in [2.05, 4.69) is 34.9 Å². The van der Waals surface area contributed by atoms with Gasteiger partial charge in [-0.05, 0) is 32.4 Å². The Morgan fingerprint density at radius 2 is 1.88 bits per heavy atom. The Balaban J connectivity index is 1.47. The van der Waals surface area contributed by atoms with Gasteiger partial charge in [-0.2, -0.15) is 0 Å². The lowest BCUT2D eigenvalue weighted by Gasteiger charge is -2.24. The van der Waals surface area contributed by atoms with Gasteiger partial charge in [-0.25, -0.2) is 9.97 Å². The Bertz CT molecular complexity index is 871. The van der Waals surface area contributed by atoms with Gasteiger partial charge in [0.1, 0.15) is 5.69 Å². The number of hydrogen-bond acceptors (Lipinski definition) is 7. The van der Waals surface area contributed by atoms with E-state index in [1.165, 1.54) is 32.4 Å². The van der Waals surface area contributed by atoms with Crippen molar-refractivity contribution in [2.75, 3.05) is 31.1 Å². The molecule has 0 N–H and O–H groups in total. The average Bonchev–Trinajstić information content (AvgIpc) is 3.40. The van der Waals surface area contributed by atoms with Gasteiger partial charge in [-0.3, -0.25) is 14.3 Å². The maximum atomic E-state index is 4.60. The van der Waals surface area contributed by atoms with Crippen LogP contribution < -0.4 is 4.90 Å². The molecule has 2 aliphatic rings. The quantitative estimate of drug-likeness (QED) is 0.712. The summed E-state index contributed by atoms with van der Waals surface area (Å²) in [7, 11) is 0. The number of nitrogens with zero attached hydrogens (tertiary/aromatic N) is 8. The van der Waals surface area contributed by atoms with E-state index in [9.17, 15) is 0 Å². The summed E-state index contributed by atoms with van der Waals surface area (Å²) in [5.74, 6) is 1.61. The molecule has 2 fully saturated rings. The molecule has 8 heteroatoms.